The minimum absolute atomic E-state index is 0. The van der Waals surface area contributed by atoms with E-state index < -0.39 is 10.0 Å². The molecule has 1 rings (SSSR count). The molecule has 0 aromatic heterocycles. The quantitative estimate of drug-likeness (QED) is 0.567. The molecule has 1 heterocycles. The average Bonchev–Trinajstić information content (AvgIpc) is 2.59. The van der Waals surface area contributed by atoms with Gasteiger partial charge in [0.2, 0.25) is 10.0 Å². The summed E-state index contributed by atoms with van der Waals surface area (Å²) in [5.41, 5.74) is 0. The van der Waals surface area contributed by atoms with Crippen molar-refractivity contribution in [2.45, 2.75) is 52.7 Å². The zero-order valence-electron chi connectivity index (χ0n) is 16.2. The summed E-state index contributed by atoms with van der Waals surface area (Å²) in [7, 11) is -3.10. The number of piperidine rings is 1. The smallest absolute Gasteiger partial charge is 0.216 e. The topological polar surface area (TPSA) is 67.9 Å². The Morgan fingerprint density at radius 2 is 1.71 bits per heavy atom. The third kappa shape index (κ3) is 9.32. The molecule has 1 aliphatic heterocycles. The number of nitrogens with one attached hydrogen (secondary N) is 1. The van der Waals surface area contributed by atoms with Gasteiger partial charge in [0.1, 0.15) is 0 Å². The average molecular weight is 369 g/mol. The molecule has 0 aromatic carbocycles. The second-order valence-corrected chi connectivity index (χ2v) is 8.47. The van der Waals surface area contributed by atoms with Gasteiger partial charge in [0.05, 0.1) is 25.1 Å². The fourth-order valence-corrected chi connectivity index (χ4v) is 3.74. The zero-order chi connectivity index (χ0) is 18.4. The molecule has 1 fully saturated rings. The van der Waals surface area contributed by atoms with E-state index >= 15 is 0 Å². The first-order valence-electron chi connectivity index (χ1n) is 9.33. The van der Waals surface area contributed by atoms with Crippen molar-refractivity contribution in [3.05, 3.63) is 0 Å². The number of hydrogen-bond donors (Lipinski definition) is 1. The van der Waals surface area contributed by atoms with Crippen LogP contribution in [0.2, 0.25) is 0 Å². The second-order valence-electron chi connectivity index (χ2n) is 5.98. The molecule has 1 saturated heterocycles. The number of hydrogen-bond acceptors (Lipinski definition) is 5. The lowest BCUT2D eigenvalue weighted by Gasteiger charge is -2.32. The van der Waals surface area contributed by atoms with Crippen LogP contribution in [0, 0.1) is 5.92 Å². The number of sulfonamides is 1. The maximum absolute atomic E-state index is 12.1. The summed E-state index contributed by atoms with van der Waals surface area (Å²) in [4.78, 5) is 0. The van der Waals surface area contributed by atoms with Crippen LogP contribution in [0.15, 0.2) is 0 Å². The fourth-order valence-electron chi connectivity index (χ4n) is 2.42. The van der Waals surface area contributed by atoms with Gasteiger partial charge in [-0.15, -0.1) is 0 Å². The third-order valence-corrected chi connectivity index (χ3v) is 6.20. The van der Waals surface area contributed by atoms with Crippen LogP contribution in [0.4, 0.5) is 0 Å². The van der Waals surface area contributed by atoms with Gasteiger partial charge in [0, 0.05) is 27.7 Å². The Kier molecular flexibility index (Phi) is 13.9. The van der Waals surface area contributed by atoms with Crippen LogP contribution in [-0.4, -0.2) is 70.6 Å². The summed E-state index contributed by atoms with van der Waals surface area (Å²) in [6, 6.07) is 0. The molecule has 0 atom stereocenters. The van der Waals surface area contributed by atoms with Crippen LogP contribution in [0.5, 0.6) is 0 Å². The maximum atomic E-state index is 12.1. The van der Waals surface area contributed by atoms with E-state index in [-0.39, 0.29) is 6.68 Å². The molecule has 1 aliphatic rings. The van der Waals surface area contributed by atoms with Crippen LogP contribution in [-0.2, 0) is 19.5 Å². The van der Waals surface area contributed by atoms with Crippen molar-refractivity contribution in [3.8, 4) is 0 Å². The van der Waals surface area contributed by atoms with Crippen molar-refractivity contribution in [3.63, 3.8) is 0 Å². The van der Waals surface area contributed by atoms with Crippen LogP contribution in [0.25, 0.3) is 0 Å². The Morgan fingerprint density at radius 3 is 2.25 bits per heavy atom. The molecule has 0 spiro atoms. The van der Waals surface area contributed by atoms with Crippen molar-refractivity contribution in [1.29, 1.82) is 0 Å². The molecular formula is C17H40N2O4S. The first kappa shape index (κ1) is 23.8. The molecule has 24 heavy (non-hydrogen) atoms. The minimum atomic E-state index is -3.10. The van der Waals surface area contributed by atoms with Gasteiger partial charge < -0.3 is 14.8 Å². The maximum Gasteiger partial charge on any atom is 0.216 e. The number of nitrogens with zero attached hydrogens (tertiary/aromatic N) is 1. The monoisotopic (exact) mass is 368 g/mol. The van der Waals surface area contributed by atoms with Gasteiger partial charge in [0.25, 0.3) is 0 Å². The Morgan fingerprint density at radius 1 is 1.12 bits per heavy atom. The van der Waals surface area contributed by atoms with Crippen molar-refractivity contribution in [2.75, 3.05) is 52.6 Å². The van der Waals surface area contributed by atoms with E-state index in [2.05, 4.69) is 12.2 Å². The molecule has 0 bridgehead atoms. The van der Waals surface area contributed by atoms with Crippen LogP contribution < -0.4 is 5.32 Å². The molecule has 0 radical (unpaired) electrons. The first-order chi connectivity index (χ1) is 11.5. The molecular weight excluding hydrogens is 328 g/mol. The van der Waals surface area contributed by atoms with Crippen LogP contribution in [0.3, 0.4) is 0 Å². The predicted octanol–water partition coefficient (Wildman–Crippen LogP) is 2.35. The minimum Gasteiger partial charge on any atom is -0.379 e. The molecule has 0 unspecified atom stereocenters. The molecule has 6 nitrogen and oxygen atoms in total. The van der Waals surface area contributed by atoms with Crippen molar-refractivity contribution in [1.82, 2.24) is 9.62 Å². The van der Waals surface area contributed by atoms with E-state index in [1.165, 1.54) is 0 Å². The lowest BCUT2D eigenvalue weighted by molar-refractivity contribution is 0.0267. The van der Waals surface area contributed by atoms with E-state index in [0.29, 0.717) is 45.4 Å². The number of likely N-dealkylation sites (N-methyl/N-ethyl adjacent to an activating group) is 1. The normalized spacial score (nSPS) is 16.9. The highest BCUT2D eigenvalue weighted by atomic mass is 32.2. The molecule has 0 aliphatic carbocycles. The summed E-state index contributed by atoms with van der Waals surface area (Å²) in [5, 5.41) is 2.86. The summed E-state index contributed by atoms with van der Waals surface area (Å²) >= 11 is 0. The highest BCUT2D eigenvalue weighted by Crippen LogP contribution is 2.21. The lowest BCUT2D eigenvalue weighted by Crippen LogP contribution is -2.42. The Bertz CT molecular complexity index is 386. The van der Waals surface area contributed by atoms with Crippen molar-refractivity contribution in [2.24, 2.45) is 5.92 Å². The van der Waals surface area contributed by atoms with E-state index in [4.69, 9.17) is 9.47 Å². The largest absolute Gasteiger partial charge is 0.379 e. The number of rotatable bonds is 11. The van der Waals surface area contributed by atoms with Gasteiger partial charge in [-0.3, -0.25) is 0 Å². The van der Waals surface area contributed by atoms with Gasteiger partial charge in [-0.25, -0.2) is 12.7 Å². The van der Waals surface area contributed by atoms with Crippen molar-refractivity contribution < 1.29 is 19.3 Å². The summed E-state index contributed by atoms with van der Waals surface area (Å²) in [6.07, 6.45) is 1.76. The fraction of sp³-hybridized carbons (Fsp3) is 1.00. The first-order valence-corrected chi connectivity index (χ1v) is 10.8. The highest BCUT2D eigenvalue weighted by molar-refractivity contribution is 7.89. The van der Waals surface area contributed by atoms with Crippen molar-refractivity contribution >= 4 is 10.0 Å². The molecule has 1 N–H and O–H groups in total. The SMILES string of the molecule is CC.CCNCCOCCOCC1CCN(S(=O)(=O)C(C)C)CC1.[HH]. The summed E-state index contributed by atoms with van der Waals surface area (Å²) in [5.74, 6) is 0.459. The molecule has 0 saturated carbocycles. The van der Waals surface area contributed by atoms with Gasteiger partial charge in [-0.1, -0.05) is 20.8 Å². The molecule has 0 aromatic rings. The van der Waals surface area contributed by atoms with Crippen LogP contribution in [0.1, 0.15) is 48.9 Å². The van der Waals surface area contributed by atoms with Gasteiger partial charge in [0.15, 0.2) is 0 Å². The van der Waals surface area contributed by atoms with E-state index in [1.54, 1.807) is 18.2 Å². The zero-order valence-corrected chi connectivity index (χ0v) is 17.0. The van der Waals surface area contributed by atoms with Gasteiger partial charge in [-0.05, 0) is 39.2 Å². The van der Waals surface area contributed by atoms with Gasteiger partial charge in [-0.2, -0.15) is 0 Å². The lowest BCUT2D eigenvalue weighted by atomic mass is 9.99. The number of ether oxygens (including phenoxy) is 2. The molecule has 0 amide bonds. The van der Waals surface area contributed by atoms with E-state index in [1.807, 2.05) is 13.8 Å². The summed E-state index contributed by atoms with van der Waals surface area (Å²) in [6.45, 7) is 15.3. The van der Waals surface area contributed by atoms with E-state index in [0.717, 1.165) is 25.9 Å². The third-order valence-electron chi connectivity index (χ3n) is 3.93. The van der Waals surface area contributed by atoms with Crippen LogP contribution >= 0.6 is 0 Å². The molecule has 148 valence electrons. The standard InChI is InChI=1S/C15H32N2O4S.C2H6.H2/c1-4-16-7-10-20-11-12-21-13-15-5-8-17(9-6-15)22(18,19)14(2)3;1-2;/h14-16H,4-13H2,1-3H3;1-2H3;1H. The molecule has 7 heteroatoms. The second kappa shape index (κ2) is 14.0. The summed E-state index contributed by atoms with van der Waals surface area (Å²) < 4.78 is 36.8. The Hall–Kier alpha value is -0.210. The predicted molar refractivity (Wildman–Crippen MR) is 102 cm³/mol. The van der Waals surface area contributed by atoms with E-state index in [9.17, 15) is 8.42 Å². The Labute approximate surface area is 150 Å². The highest BCUT2D eigenvalue weighted by Gasteiger charge is 2.29. The van der Waals surface area contributed by atoms with Gasteiger partial charge >= 0.3 is 0 Å². The Balaban J connectivity index is 0.